The number of hydrogen-bond donors (Lipinski definition) is 2. The number of nitrogens with one attached hydrogen (secondary N) is 1. The van der Waals surface area contributed by atoms with Gasteiger partial charge >= 0.3 is 0 Å². The molecular formula is C11H14N6OS. The fourth-order valence-corrected chi connectivity index (χ4v) is 2.10. The monoisotopic (exact) mass is 278 g/mol. The van der Waals surface area contributed by atoms with Crippen molar-refractivity contribution in [1.82, 2.24) is 20.2 Å². The SMILES string of the molecule is Cc1c(N)cccc1NC(=O)CSc1nnnn1C. The van der Waals surface area contributed by atoms with Gasteiger partial charge in [-0.15, -0.1) is 5.10 Å². The van der Waals surface area contributed by atoms with Gasteiger partial charge in [-0.3, -0.25) is 4.79 Å². The standard InChI is InChI=1S/C11H14N6OS/c1-7-8(12)4-3-5-9(7)13-10(18)6-19-11-14-15-16-17(11)2/h3-5H,6,12H2,1-2H3,(H,13,18). The lowest BCUT2D eigenvalue weighted by Crippen LogP contribution is -2.15. The lowest BCUT2D eigenvalue weighted by atomic mass is 10.1. The second kappa shape index (κ2) is 5.70. The van der Waals surface area contributed by atoms with E-state index in [1.54, 1.807) is 19.2 Å². The quantitative estimate of drug-likeness (QED) is 0.635. The Balaban J connectivity index is 1.95. The first-order valence-electron chi connectivity index (χ1n) is 5.58. The zero-order chi connectivity index (χ0) is 13.8. The van der Waals surface area contributed by atoms with Crippen LogP contribution in [-0.2, 0) is 11.8 Å². The molecule has 8 heteroatoms. The van der Waals surface area contributed by atoms with Gasteiger partial charge in [0.15, 0.2) is 0 Å². The topological polar surface area (TPSA) is 98.7 Å². The molecule has 0 fully saturated rings. The summed E-state index contributed by atoms with van der Waals surface area (Å²) >= 11 is 1.27. The first-order chi connectivity index (χ1) is 9.08. The van der Waals surface area contributed by atoms with Crippen molar-refractivity contribution in [2.24, 2.45) is 7.05 Å². The van der Waals surface area contributed by atoms with Crippen LogP contribution in [0.15, 0.2) is 23.4 Å². The Labute approximate surface area is 114 Å². The first kappa shape index (κ1) is 13.3. The molecule has 3 N–H and O–H groups in total. The molecule has 1 heterocycles. The highest BCUT2D eigenvalue weighted by Gasteiger charge is 2.09. The summed E-state index contributed by atoms with van der Waals surface area (Å²) in [7, 11) is 1.72. The number of carbonyl (C=O) groups is 1. The minimum absolute atomic E-state index is 0.123. The van der Waals surface area contributed by atoms with E-state index in [0.29, 0.717) is 10.8 Å². The largest absolute Gasteiger partial charge is 0.398 e. The van der Waals surface area contributed by atoms with Gasteiger partial charge in [-0.1, -0.05) is 17.8 Å². The molecule has 0 atom stereocenters. The molecule has 1 amide bonds. The fourth-order valence-electron chi connectivity index (χ4n) is 1.45. The maximum absolute atomic E-state index is 11.8. The Morgan fingerprint density at radius 3 is 3.00 bits per heavy atom. The van der Waals surface area contributed by atoms with Crippen LogP contribution in [0.1, 0.15) is 5.56 Å². The summed E-state index contributed by atoms with van der Waals surface area (Å²) in [5.74, 6) is 0.115. The highest BCUT2D eigenvalue weighted by Crippen LogP contribution is 2.21. The second-order valence-corrected chi connectivity index (χ2v) is 4.88. The number of carbonyl (C=O) groups excluding carboxylic acids is 1. The van der Waals surface area contributed by atoms with E-state index in [2.05, 4.69) is 20.8 Å². The predicted molar refractivity (Wildman–Crippen MR) is 73.7 cm³/mol. The molecule has 0 bridgehead atoms. The molecule has 0 radical (unpaired) electrons. The van der Waals surface area contributed by atoms with Crippen LogP contribution in [0.5, 0.6) is 0 Å². The molecule has 0 saturated heterocycles. The van der Waals surface area contributed by atoms with Crippen LogP contribution in [0.25, 0.3) is 0 Å². The zero-order valence-corrected chi connectivity index (χ0v) is 11.4. The lowest BCUT2D eigenvalue weighted by Gasteiger charge is -2.09. The molecule has 0 aliphatic rings. The molecule has 0 saturated carbocycles. The van der Waals surface area contributed by atoms with Crippen molar-refractivity contribution in [2.75, 3.05) is 16.8 Å². The number of aryl methyl sites for hydroxylation is 1. The third-order valence-electron chi connectivity index (χ3n) is 2.56. The normalized spacial score (nSPS) is 10.4. The summed E-state index contributed by atoms with van der Waals surface area (Å²) in [5.41, 5.74) is 8.02. The van der Waals surface area contributed by atoms with E-state index in [9.17, 15) is 4.79 Å². The van der Waals surface area contributed by atoms with Gasteiger partial charge in [-0.2, -0.15) is 0 Å². The Morgan fingerprint density at radius 2 is 2.32 bits per heavy atom. The average Bonchev–Trinajstić information content (AvgIpc) is 2.78. The summed E-state index contributed by atoms with van der Waals surface area (Å²) in [6.45, 7) is 1.87. The Bertz CT molecular complexity index is 597. The molecule has 0 unspecified atom stereocenters. The van der Waals surface area contributed by atoms with Crippen LogP contribution in [0.4, 0.5) is 11.4 Å². The molecule has 0 aliphatic heterocycles. The van der Waals surface area contributed by atoms with Gasteiger partial charge in [0.05, 0.1) is 5.75 Å². The van der Waals surface area contributed by atoms with Crippen molar-refractivity contribution >= 4 is 29.0 Å². The summed E-state index contributed by atoms with van der Waals surface area (Å²) in [6.07, 6.45) is 0. The van der Waals surface area contributed by atoms with Gasteiger partial charge in [-0.05, 0) is 35.0 Å². The van der Waals surface area contributed by atoms with Gasteiger partial charge in [0, 0.05) is 18.4 Å². The van der Waals surface area contributed by atoms with E-state index in [0.717, 1.165) is 11.3 Å². The first-order valence-corrected chi connectivity index (χ1v) is 6.56. The lowest BCUT2D eigenvalue weighted by molar-refractivity contribution is -0.113. The van der Waals surface area contributed by atoms with Crippen molar-refractivity contribution < 1.29 is 4.79 Å². The van der Waals surface area contributed by atoms with Gasteiger partial charge in [0.2, 0.25) is 11.1 Å². The van der Waals surface area contributed by atoms with Crippen molar-refractivity contribution in [2.45, 2.75) is 12.1 Å². The van der Waals surface area contributed by atoms with Crippen LogP contribution in [0, 0.1) is 6.92 Å². The molecule has 7 nitrogen and oxygen atoms in total. The molecule has 1 aromatic carbocycles. The fraction of sp³-hybridized carbons (Fsp3) is 0.273. The van der Waals surface area contributed by atoms with Crippen molar-refractivity contribution in [3.05, 3.63) is 23.8 Å². The van der Waals surface area contributed by atoms with Crippen molar-refractivity contribution in [1.29, 1.82) is 0 Å². The number of nitrogens with zero attached hydrogens (tertiary/aromatic N) is 4. The minimum atomic E-state index is -0.123. The van der Waals surface area contributed by atoms with Gasteiger partial charge in [0.1, 0.15) is 0 Å². The highest BCUT2D eigenvalue weighted by atomic mass is 32.2. The van der Waals surface area contributed by atoms with Crippen LogP contribution < -0.4 is 11.1 Å². The van der Waals surface area contributed by atoms with Crippen LogP contribution in [0.2, 0.25) is 0 Å². The molecular weight excluding hydrogens is 264 g/mol. The summed E-state index contributed by atoms with van der Waals surface area (Å²) < 4.78 is 1.52. The number of nitrogen functional groups attached to an aromatic ring is 1. The second-order valence-electron chi connectivity index (χ2n) is 3.94. The average molecular weight is 278 g/mol. The van der Waals surface area contributed by atoms with Crippen molar-refractivity contribution in [3.8, 4) is 0 Å². The number of hydrogen-bond acceptors (Lipinski definition) is 6. The van der Waals surface area contributed by atoms with Gasteiger partial charge in [0.25, 0.3) is 0 Å². The summed E-state index contributed by atoms with van der Waals surface area (Å²) in [6, 6.07) is 5.42. The number of thioether (sulfide) groups is 1. The predicted octanol–water partition coefficient (Wildman–Crippen LogP) is 0.832. The van der Waals surface area contributed by atoms with Gasteiger partial charge < -0.3 is 11.1 Å². The molecule has 2 aromatic rings. The Morgan fingerprint density at radius 1 is 1.53 bits per heavy atom. The highest BCUT2D eigenvalue weighted by molar-refractivity contribution is 7.99. The maximum atomic E-state index is 11.8. The smallest absolute Gasteiger partial charge is 0.234 e. The molecule has 0 aliphatic carbocycles. The number of rotatable bonds is 4. The summed E-state index contributed by atoms with van der Waals surface area (Å²) in [4.78, 5) is 11.8. The third-order valence-corrected chi connectivity index (χ3v) is 3.57. The molecule has 0 spiro atoms. The number of nitrogens with two attached hydrogens (primary N) is 1. The number of anilines is 2. The van der Waals surface area contributed by atoms with E-state index in [1.165, 1.54) is 16.4 Å². The van der Waals surface area contributed by atoms with Crippen molar-refractivity contribution in [3.63, 3.8) is 0 Å². The number of aromatic nitrogens is 4. The van der Waals surface area contributed by atoms with Crippen LogP contribution in [0.3, 0.4) is 0 Å². The number of amides is 1. The number of tetrazole rings is 1. The van der Waals surface area contributed by atoms with Crippen LogP contribution in [-0.4, -0.2) is 31.9 Å². The molecule has 100 valence electrons. The van der Waals surface area contributed by atoms with E-state index < -0.39 is 0 Å². The Kier molecular flexibility index (Phi) is 4.00. The number of benzene rings is 1. The van der Waals surface area contributed by atoms with Gasteiger partial charge in [-0.25, -0.2) is 4.68 Å². The molecule has 1 aromatic heterocycles. The van der Waals surface area contributed by atoms with E-state index in [1.807, 2.05) is 13.0 Å². The summed E-state index contributed by atoms with van der Waals surface area (Å²) in [5, 5.41) is 14.4. The van der Waals surface area contributed by atoms with E-state index in [4.69, 9.17) is 5.73 Å². The third kappa shape index (κ3) is 3.22. The van der Waals surface area contributed by atoms with E-state index >= 15 is 0 Å². The molecule has 2 rings (SSSR count). The van der Waals surface area contributed by atoms with E-state index in [-0.39, 0.29) is 11.7 Å². The van der Waals surface area contributed by atoms with Crippen LogP contribution >= 0.6 is 11.8 Å². The maximum Gasteiger partial charge on any atom is 0.234 e. The minimum Gasteiger partial charge on any atom is -0.398 e. The zero-order valence-electron chi connectivity index (χ0n) is 10.6. The molecule has 19 heavy (non-hydrogen) atoms. The Hall–Kier alpha value is -2.09.